The molecule has 0 aliphatic carbocycles. The van der Waals surface area contributed by atoms with Gasteiger partial charge in [-0.3, -0.25) is 9.69 Å². The van der Waals surface area contributed by atoms with Crippen molar-refractivity contribution < 1.29 is 54.0 Å². The van der Waals surface area contributed by atoms with Gasteiger partial charge in [0, 0.05) is 51.2 Å². The Balaban J connectivity index is 2.22. The van der Waals surface area contributed by atoms with E-state index < -0.39 is 95.6 Å². The number of aliphatic hydroxyl groups is 5. The molecular weight excluding hydrogens is 686 g/mol. The number of nitrogens with zero attached hydrogens (tertiary/aromatic N) is 2. The topological polar surface area (TPSA) is 197 Å². The summed E-state index contributed by atoms with van der Waals surface area (Å²) in [4.78, 5) is 18.3. The first-order valence-electron chi connectivity index (χ1n) is 19.8. The van der Waals surface area contributed by atoms with Crippen LogP contribution in [0.4, 0.5) is 0 Å². The lowest BCUT2D eigenvalue weighted by atomic mass is 9.68. The van der Waals surface area contributed by atoms with E-state index in [2.05, 4.69) is 0 Å². The molecule has 0 aromatic carbocycles. The molecule has 0 amide bonds. The van der Waals surface area contributed by atoms with Gasteiger partial charge in [0.2, 0.25) is 0 Å². The van der Waals surface area contributed by atoms with Gasteiger partial charge in [-0.05, 0) is 86.7 Å². The van der Waals surface area contributed by atoms with E-state index in [0.717, 1.165) is 0 Å². The molecule has 3 saturated heterocycles. The number of ether oxygens (including phenoxy) is 5. The number of aliphatic hydroxyl groups excluding tert-OH is 3. The Bertz CT molecular complexity index is 1160. The van der Waals surface area contributed by atoms with Gasteiger partial charge in [-0.15, -0.1) is 0 Å². The highest BCUT2D eigenvalue weighted by Crippen LogP contribution is 2.45. The monoisotopic (exact) mass is 762 g/mol. The molecule has 0 aromatic heterocycles. The Morgan fingerprint density at radius 3 is 2.19 bits per heavy atom. The maximum atomic E-state index is 14.4. The van der Waals surface area contributed by atoms with Crippen LogP contribution in [0.2, 0.25) is 0 Å². The number of methoxy groups -OCH3 is 1. The second-order valence-corrected chi connectivity index (χ2v) is 17.6. The van der Waals surface area contributed by atoms with Crippen molar-refractivity contribution in [2.45, 2.75) is 179 Å². The maximum Gasteiger partial charge on any atom is 0.309 e. The summed E-state index contributed by atoms with van der Waals surface area (Å²) >= 11 is 0. The van der Waals surface area contributed by atoms with E-state index in [9.17, 15) is 30.3 Å². The van der Waals surface area contributed by atoms with Gasteiger partial charge in [0.1, 0.15) is 30.0 Å². The summed E-state index contributed by atoms with van der Waals surface area (Å²) in [6.45, 7) is 19.4. The first-order chi connectivity index (χ1) is 24.5. The first-order valence-corrected chi connectivity index (χ1v) is 19.8. The molecular formula is C39H75N3O11. The molecule has 312 valence electrons. The average Bonchev–Trinajstić information content (AvgIpc) is 3.07. The molecule has 3 aliphatic rings. The third-order valence-corrected chi connectivity index (χ3v) is 12.9. The smallest absolute Gasteiger partial charge is 0.309 e. The minimum Gasteiger partial charge on any atom is -0.459 e. The normalized spacial score (nSPS) is 48.9. The Morgan fingerprint density at radius 1 is 1.00 bits per heavy atom. The zero-order valence-corrected chi connectivity index (χ0v) is 34.8. The van der Waals surface area contributed by atoms with Gasteiger partial charge in [-0.25, -0.2) is 0 Å². The van der Waals surface area contributed by atoms with Crippen molar-refractivity contribution in [2.75, 3.05) is 40.8 Å². The molecule has 0 aromatic rings. The number of rotatable bonds is 8. The summed E-state index contributed by atoms with van der Waals surface area (Å²) in [5.41, 5.74) is 1.54. The fraction of sp³-hybridized carbons (Fsp3) is 0.974. The highest BCUT2D eigenvalue weighted by molar-refractivity contribution is 5.73. The van der Waals surface area contributed by atoms with Crippen molar-refractivity contribution in [3.63, 3.8) is 0 Å². The summed E-state index contributed by atoms with van der Waals surface area (Å²) in [7, 11) is 5.29. The Kier molecular flexibility index (Phi) is 16.2. The molecule has 3 rings (SSSR count). The number of carbonyl (C=O) groups is 1. The van der Waals surface area contributed by atoms with Crippen LogP contribution in [0.15, 0.2) is 0 Å². The van der Waals surface area contributed by atoms with Crippen molar-refractivity contribution in [1.29, 1.82) is 0 Å². The molecule has 0 saturated carbocycles. The van der Waals surface area contributed by atoms with Crippen LogP contribution in [-0.4, -0.2) is 166 Å². The van der Waals surface area contributed by atoms with Crippen molar-refractivity contribution in [2.24, 2.45) is 29.4 Å². The number of cyclic esters (lactones) is 1. The second-order valence-electron chi connectivity index (χ2n) is 17.6. The van der Waals surface area contributed by atoms with Crippen LogP contribution >= 0.6 is 0 Å². The van der Waals surface area contributed by atoms with Crippen LogP contribution in [0.5, 0.6) is 0 Å². The van der Waals surface area contributed by atoms with E-state index in [-0.39, 0.29) is 37.3 Å². The lowest BCUT2D eigenvalue weighted by molar-refractivity contribution is -0.302. The number of likely N-dealkylation sites (N-methyl/N-ethyl adjacent to an activating group) is 2. The van der Waals surface area contributed by atoms with Gasteiger partial charge >= 0.3 is 5.97 Å². The van der Waals surface area contributed by atoms with Gasteiger partial charge in [-0.2, -0.15) is 0 Å². The van der Waals surface area contributed by atoms with E-state index in [1.54, 1.807) is 27.7 Å². The van der Waals surface area contributed by atoms with Gasteiger partial charge in [0.25, 0.3) is 0 Å². The number of nitrogens with two attached hydrogens (primary N) is 1. The molecule has 14 nitrogen and oxygen atoms in total. The first kappa shape index (κ1) is 46.4. The molecule has 0 radical (unpaired) electrons. The van der Waals surface area contributed by atoms with E-state index >= 15 is 0 Å². The standard InChI is InChI=1S/C39H75N3O11/c1-14-29-39(10,48)32(44)25(6)42(12)20-21(2)18-37(8,47)34(53-36-31(43)27(17-22(3)50-36)41(11)16-15-40)23(4)30(24(5)35(46)52-29)28-19-38(9,49-13)33(45)26(7)51-28/h21-34,36,43-45,47-48H,14-20,40H2,1-13H3/t21-,22-,23+,24-,25-,26+,27+,28-,29-,30?,31-,32-,33+,34-,36+,37-,38-,39-/m1/s1. The zero-order valence-electron chi connectivity index (χ0n) is 34.8. The molecule has 0 bridgehead atoms. The molecule has 0 spiro atoms. The third kappa shape index (κ3) is 10.3. The molecule has 3 aliphatic heterocycles. The highest BCUT2D eigenvalue weighted by Gasteiger charge is 2.55. The molecule has 1 unspecified atom stereocenters. The van der Waals surface area contributed by atoms with Crippen molar-refractivity contribution in [1.82, 2.24) is 9.80 Å². The third-order valence-electron chi connectivity index (χ3n) is 12.9. The minimum atomic E-state index is -1.78. The lowest BCUT2D eigenvalue weighted by Gasteiger charge is -2.51. The predicted molar refractivity (Wildman–Crippen MR) is 201 cm³/mol. The van der Waals surface area contributed by atoms with Crippen LogP contribution in [0, 0.1) is 23.7 Å². The Hall–Kier alpha value is -1.01. The van der Waals surface area contributed by atoms with Crippen molar-refractivity contribution >= 4 is 5.97 Å². The number of carbonyl (C=O) groups excluding carboxylic acids is 1. The molecule has 3 heterocycles. The minimum absolute atomic E-state index is 0.133. The fourth-order valence-corrected chi connectivity index (χ4v) is 9.58. The second kappa shape index (κ2) is 18.5. The fourth-order valence-electron chi connectivity index (χ4n) is 9.58. The van der Waals surface area contributed by atoms with Crippen LogP contribution < -0.4 is 5.73 Å². The predicted octanol–water partition coefficient (Wildman–Crippen LogP) is 1.50. The zero-order chi connectivity index (χ0) is 40.4. The van der Waals surface area contributed by atoms with E-state index in [1.165, 1.54) is 14.0 Å². The van der Waals surface area contributed by atoms with Gasteiger partial charge in [0.05, 0.1) is 41.5 Å². The highest BCUT2D eigenvalue weighted by atomic mass is 16.7. The maximum absolute atomic E-state index is 14.4. The molecule has 53 heavy (non-hydrogen) atoms. The van der Waals surface area contributed by atoms with E-state index in [0.29, 0.717) is 26.1 Å². The summed E-state index contributed by atoms with van der Waals surface area (Å²) in [5, 5.41) is 58.8. The van der Waals surface area contributed by atoms with E-state index in [1.807, 2.05) is 58.5 Å². The van der Waals surface area contributed by atoms with Crippen molar-refractivity contribution in [3.05, 3.63) is 0 Å². The largest absolute Gasteiger partial charge is 0.459 e. The molecule has 7 N–H and O–H groups in total. The summed E-state index contributed by atoms with van der Waals surface area (Å²) in [5.74, 6) is -2.95. The molecule has 18 atom stereocenters. The van der Waals surface area contributed by atoms with Gasteiger partial charge < -0.3 is 59.9 Å². The summed E-state index contributed by atoms with van der Waals surface area (Å²) in [6, 6.07) is -0.846. The number of hydrogen-bond donors (Lipinski definition) is 6. The summed E-state index contributed by atoms with van der Waals surface area (Å²) in [6.07, 6.45) is -6.78. The van der Waals surface area contributed by atoms with Crippen LogP contribution in [0.1, 0.15) is 94.9 Å². The molecule has 14 heteroatoms. The summed E-state index contributed by atoms with van der Waals surface area (Å²) < 4.78 is 31.6. The van der Waals surface area contributed by atoms with Crippen LogP contribution in [-0.2, 0) is 28.5 Å². The SMILES string of the molecule is CC[C@H]1OC(=O)[C@H](C)C([C@H]2C[C@@](C)(OC)[C@@H](O)[C@H](C)O2)[C@H](C)[C@@H](O[C@@H]2O[C@H](C)C[C@H](N(C)CCN)[C@H]2O)[C@](C)(O)C[C@@H](C)CN(C)[C@H](C)[C@@H](O)[C@]1(C)O. The Labute approximate surface area is 318 Å². The van der Waals surface area contributed by atoms with E-state index in [4.69, 9.17) is 29.4 Å². The van der Waals surface area contributed by atoms with Crippen molar-refractivity contribution in [3.8, 4) is 0 Å². The molecule has 3 fully saturated rings. The lowest BCUT2D eigenvalue weighted by Crippen LogP contribution is -2.62. The van der Waals surface area contributed by atoms with Gasteiger partial charge in [-0.1, -0.05) is 27.7 Å². The Morgan fingerprint density at radius 2 is 1.62 bits per heavy atom. The van der Waals surface area contributed by atoms with Crippen LogP contribution in [0.3, 0.4) is 0 Å². The average molecular weight is 762 g/mol. The van der Waals surface area contributed by atoms with Gasteiger partial charge in [0.15, 0.2) is 6.29 Å². The quantitative estimate of drug-likeness (QED) is 0.195. The number of hydrogen-bond acceptors (Lipinski definition) is 14. The van der Waals surface area contributed by atoms with Crippen LogP contribution in [0.25, 0.3) is 0 Å². The number of esters is 1.